The van der Waals surface area contributed by atoms with E-state index in [1.54, 1.807) is 0 Å². The standard InChI is InChI=1S/C30H26NO.C11H20O2.Ir/c1-16-10-11-25-22(13-16)28-29(32-25)21-9-7-8-20(27(21)30(28,5)6)23-15-19(4)26-18(3)12-17(2)14-24(26)31-23;1-10(2,3)8(12)7-9(13)11(4,5)6;/h7,9-15H,1-6H3;7,12H,1-6H3;/q-1;;/b;8-7-;. The number of benzene rings is 3. The molecule has 1 aliphatic carbocycles. The molecule has 0 saturated carbocycles. The molecule has 1 aliphatic rings. The second-order valence-electron chi connectivity index (χ2n) is 15.3. The second kappa shape index (κ2) is 12.2. The van der Waals surface area contributed by atoms with E-state index in [4.69, 9.17) is 9.40 Å². The van der Waals surface area contributed by atoms with E-state index in [-0.39, 0.29) is 42.5 Å². The zero-order valence-electron chi connectivity index (χ0n) is 29.2. The first-order valence-corrected chi connectivity index (χ1v) is 15.7. The topological polar surface area (TPSA) is 63.3 Å². The molecule has 0 spiro atoms. The van der Waals surface area contributed by atoms with Gasteiger partial charge >= 0.3 is 0 Å². The summed E-state index contributed by atoms with van der Waals surface area (Å²) in [6, 6.07) is 20.8. The molecule has 0 atom stereocenters. The van der Waals surface area contributed by atoms with Gasteiger partial charge in [0.1, 0.15) is 17.1 Å². The number of rotatable bonds is 2. The number of hydrogen-bond acceptors (Lipinski definition) is 4. The van der Waals surface area contributed by atoms with Gasteiger partial charge in [-0.2, -0.15) is 0 Å². The van der Waals surface area contributed by atoms with Crippen molar-refractivity contribution in [1.29, 1.82) is 0 Å². The Bertz CT molecular complexity index is 2010. The van der Waals surface area contributed by atoms with E-state index in [2.05, 4.69) is 90.1 Å². The van der Waals surface area contributed by atoms with Crippen LogP contribution in [0.3, 0.4) is 0 Å². The normalized spacial score (nSPS) is 14.0. The summed E-state index contributed by atoms with van der Waals surface area (Å²) >= 11 is 0. The van der Waals surface area contributed by atoms with Crippen molar-refractivity contribution in [3.63, 3.8) is 0 Å². The molecule has 2 heterocycles. The minimum absolute atomic E-state index is 0. The number of carbonyl (C=O) groups is 1. The van der Waals surface area contributed by atoms with Crippen LogP contribution in [0.5, 0.6) is 0 Å². The van der Waals surface area contributed by atoms with Crippen LogP contribution in [0.1, 0.15) is 88.8 Å². The van der Waals surface area contributed by atoms with Gasteiger partial charge in [0, 0.05) is 53.3 Å². The molecule has 5 heteroatoms. The number of fused-ring (bicyclic) bond motifs is 6. The first-order valence-electron chi connectivity index (χ1n) is 15.7. The smallest absolute Gasteiger partial charge is 0.164 e. The fourth-order valence-corrected chi connectivity index (χ4v) is 6.36. The van der Waals surface area contributed by atoms with Crippen LogP contribution in [0.15, 0.2) is 64.8 Å². The minimum atomic E-state index is -0.417. The third-order valence-electron chi connectivity index (χ3n) is 8.81. The molecule has 1 radical (unpaired) electrons. The van der Waals surface area contributed by atoms with Gasteiger partial charge in [0.05, 0.1) is 5.52 Å². The van der Waals surface area contributed by atoms with Gasteiger partial charge in [-0.05, 0) is 73.7 Å². The largest absolute Gasteiger partial charge is 0.512 e. The van der Waals surface area contributed by atoms with E-state index in [1.807, 2.05) is 47.6 Å². The van der Waals surface area contributed by atoms with E-state index in [0.29, 0.717) is 0 Å². The molecule has 1 N–H and O–H groups in total. The molecule has 0 amide bonds. The number of furan rings is 1. The van der Waals surface area contributed by atoms with Crippen molar-refractivity contribution < 1.29 is 34.4 Å². The fourth-order valence-electron chi connectivity index (χ4n) is 6.36. The number of allylic oxidation sites excluding steroid dienone is 2. The molecule has 0 fully saturated rings. The predicted octanol–water partition coefficient (Wildman–Crippen LogP) is 11.1. The van der Waals surface area contributed by atoms with Gasteiger partial charge in [-0.25, -0.2) is 0 Å². The predicted molar refractivity (Wildman–Crippen MR) is 187 cm³/mol. The first-order chi connectivity index (χ1) is 20.8. The zero-order chi connectivity index (χ0) is 33.2. The van der Waals surface area contributed by atoms with E-state index in [9.17, 15) is 9.90 Å². The summed E-state index contributed by atoms with van der Waals surface area (Å²) in [6.07, 6.45) is 1.33. The number of aliphatic hydroxyl groups is 1. The number of ketones is 1. The summed E-state index contributed by atoms with van der Waals surface area (Å²) in [4.78, 5) is 16.6. The van der Waals surface area contributed by atoms with Crippen LogP contribution in [0.25, 0.3) is 44.5 Å². The average Bonchev–Trinajstić information content (AvgIpc) is 3.40. The van der Waals surface area contributed by atoms with Crippen molar-refractivity contribution in [2.75, 3.05) is 0 Å². The molecule has 0 aliphatic heterocycles. The van der Waals surface area contributed by atoms with Crippen molar-refractivity contribution in [1.82, 2.24) is 4.98 Å². The summed E-state index contributed by atoms with van der Waals surface area (Å²) in [6.45, 7) is 24.3. The van der Waals surface area contributed by atoms with Crippen molar-refractivity contribution in [3.8, 4) is 22.6 Å². The number of carbonyl (C=O) groups excluding carboxylic acids is 1. The molecule has 6 rings (SSSR count). The van der Waals surface area contributed by atoms with E-state index < -0.39 is 5.41 Å². The Morgan fingerprint density at radius 1 is 0.870 bits per heavy atom. The maximum Gasteiger partial charge on any atom is 0.164 e. The van der Waals surface area contributed by atoms with Crippen LogP contribution in [0.2, 0.25) is 0 Å². The van der Waals surface area contributed by atoms with Crippen LogP contribution in [-0.4, -0.2) is 15.9 Å². The van der Waals surface area contributed by atoms with Crippen LogP contribution in [0, 0.1) is 44.6 Å². The fraction of sp³-hybridized carbons (Fsp3) is 0.366. The van der Waals surface area contributed by atoms with Crippen molar-refractivity contribution in [2.45, 2.75) is 88.5 Å². The SMILES string of the molecule is CC(C)(C)C(=O)/C=C(\O)C(C)(C)C.Cc1cc(C)c2c(C)cc(-c3[c-]ccc4c3C(C)(C)c3c-4oc4ccc(C)cc34)nc2c1.[Ir]. The third-order valence-corrected chi connectivity index (χ3v) is 8.81. The Balaban J connectivity index is 0.000000295. The maximum absolute atomic E-state index is 11.5. The van der Waals surface area contributed by atoms with Gasteiger partial charge in [-0.15, -0.1) is 29.3 Å². The van der Waals surface area contributed by atoms with Crippen LogP contribution < -0.4 is 0 Å². The zero-order valence-corrected chi connectivity index (χ0v) is 31.6. The summed E-state index contributed by atoms with van der Waals surface area (Å²) in [5.74, 6) is 1.09. The summed E-state index contributed by atoms with van der Waals surface area (Å²) in [5, 5.41) is 12.0. The molecule has 0 bridgehead atoms. The Kier molecular flexibility index (Phi) is 9.41. The van der Waals surface area contributed by atoms with Crippen LogP contribution >= 0.6 is 0 Å². The molecule has 5 aromatic rings. The van der Waals surface area contributed by atoms with E-state index in [0.717, 1.165) is 33.7 Å². The Morgan fingerprint density at radius 3 is 2.15 bits per heavy atom. The average molecular weight is 793 g/mol. The van der Waals surface area contributed by atoms with Gasteiger partial charge in [-0.3, -0.25) is 9.78 Å². The van der Waals surface area contributed by atoms with Crippen molar-refractivity contribution in [3.05, 3.63) is 99.8 Å². The summed E-state index contributed by atoms with van der Waals surface area (Å²) < 4.78 is 6.41. The van der Waals surface area contributed by atoms with Crippen LogP contribution in [-0.2, 0) is 30.3 Å². The molecule has 0 saturated heterocycles. The minimum Gasteiger partial charge on any atom is -0.512 e. The Hall–Kier alpha value is -3.53. The molecule has 3 aromatic carbocycles. The molecule has 46 heavy (non-hydrogen) atoms. The van der Waals surface area contributed by atoms with E-state index in [1.165, 1.54) is 50.2 Å². The molecule has 2 aromatic heterocycles. The molecular weight excluding hydrogens is 747 g/mol. The van der Waals surface area contributed by atoms with Crippen molar-refractivity contribution in [2.24, 2.45) is 10.8 Å². The molecular formula is C41H46IrNO3-. The number of hydrogen-bond donors (Lipinski definition) is 1. The molecule has 243 valence electrons. The van der Waals surface area contributed by atoms with Gasteiger partial charge in [0.2, 0.25) is 0 Å². The maximum atomic E-state index is 11.5. The summed E-state index contributed by atoms with van der Waals surface area (Å²) in [7, 11) is 0. The quantitative estimate of drug-likeness (QED) is 0.110. The van der Waals surface area contributed by atoms with Gasteiger partial charge in [-0.1, -0.05) is 84.7 Å². The van der Waals surface area contributed by atoms with Crippen LogP contribution in [0.4, 0.5) is 0 Å². The van der Waals surface area contributed by atoms with E-state index >= 15 is 0 Å². The Morgan fingerprint density at radius 2 is 1.52 bits per heavy atom. The number of aromatic nitrogens is 1. The number of aryl methyl sites for hydroxylation is 4. The van der Waals surface area contributed by atoms with Gasteiger partial charge in [0.15, 0.2) is 5.78 Å². The second-order valence-corrected chi connectivity index (χ2v) is 15.3. The molecule has 0 unspecified atom stereocenters. The van der Waals surface area contributed by atoms with Gasteiger partial charge in [0.25, 0.3) is 0 Å². The monoisotopic (exact) mass is 793 g/mol. The molecule has 4 nitrogen and oxygen atoms in total. The number of pyridine rings is 1. The number of aliphatic hydroxyl groups excluding tert-OH is 1. The summed E-state index contributed by atoms with van der Waals surface area (Å²) in [5.41, 5.74) is 11.8. The van der Waals surface area contributed by atoms with Crippen molar-refractivity contribution >= 4 is 27.7 Å². The Labute approximate surface area is 287 Å². The third kappa shape index (κ3) is 6.37. The number of nitrogens with zero attached hydrogens (tertiary/aromatic N) is 1. The first kappa shape index (κ1) is 35.3. The van der Waals surface area contributed by atoms with Gasteiger partial charge < -0.3 is 9.52 Å².